The molecule has 1 saturated heterocycles. The number of carboxylic acids is 1. The summed E-state index contributed by atoms with van der Waals surface area (Å²) in [4.78, 5) is 24.4. The Hall–Kier alpha value is -0.710. The molecule has 1 heterocycles. The molecule has 0 radical (unpaired) electrons. The number of thioether (sulfide) groups is 1. The molecule has 0 saturated carbocycles. The van der Waals surface area contributed by atoms with Gasteiger partial charge >= 0.3 is 5.97 Å². The van der Waals surface area contributed by atoms with E-state index >= 15 is 0 Å². The van der Waals surface area contributed by atoms with Crippen molar-refractivity contribution in [1.82, 2.24) is 4.90 Å². The third-order valence-corrected chi connectivity index (χ3v) is 3.73. The van der Waals surface area contributed by atoms with Crippen molar-refractivity contribution in [2.24, 2.45) is 0 Å². The standard InChI is InChI=1S/C11H19NO3S/c1-8(2)16-7-10(13)12-6-4-3-5-9(12)11(14)15/h8-9H,3-7H2,1-2H3,(H,14,15). The van der Waals surface area contributed by atoms with Crippen LogP contribution in [0.25, 0.3) is 0 Å². The predicted octanol–water partition coefficient (Wildman–Crippen LogP) is 1.59. The number of carboxylic acid groups (broad SMARTS) is 1. The highest BCUT2D eigenvalue weighted by molar-refractivity contribution is 8.00. The topological polar surface area (TPSA) is 57.6 Å². The highest BCUT2D eigenvalue weighted by Gasteiger charge is 2.31. The van der Waals surface area contributed by atoms with Gasteiger partial charge in [0.25, 0.3) is 0 Å². The van der Waals surface area contributed by atoms with Crippen molar-refractivity contribution in [2.75, 3.05) is 12.3 Å². The highest BCUT2D eigenvalue weighted by atomic mass is 32.2. The maximum Gasteiger partial charge on any atom is 0.326 e. The van der Waals surface area contributed by atoms with Gasteiger partial charge < -0.3 is 10.0 Å². The van der Waals surface area contributed by atoms with Gasteiger partial charge in [-0.3, -0.25) is 4.79 Å². The zero-order valence-electron chi connectivity index (χ0n) is 9.81. The summed E-state index contributed by atoms with van der Waals surface area (Å²) < 4.78 is 0. The van der Waals surface area contributed by atoms with Gasteiger partial charge in [0.05, 0.1) is 5.75 Å². The average molecular weight is 245 g/mol. The molecule has 1 aliphatic rings. The zero-order valence-corrected chi connectivity index (χ0v) is 10.6. The van der Waals surface area contributed by atoms with E-state index in [1.165, 1.54) is 4.90 Å². The molecule has 1 atom stereocenters. The number of hydrogen-bond acceptors (Lipinski definition) is 3. The number of piperidine rings is 1. The molecule has 0 aromatic carbocycles. The second-order valence-corrected chi connectivity index (χ2v) is 5.86. The summed E-state index contributed by atoms with van der Waals surface area (Å²) in [7, 11) is 0. The Morgan fingerprint density at radius 1 is 1.44 bits per heavy atom. The quantitative estimate of drug-likeness (QED) is 0.817. The number of nitrogens with zero attached hydrogens (tertiary/aromatic N) is 1. The third-order valence-electron chi connectivity index (χ3n) is 2.65. The first-order chi connectivity index (χ1) is 7.52. The number of carbonyl (C=O) groups excluding carboxylic acids is 1. The minimum absolute atomic E-state index is 0.0363. The van der Waals surface area contributed by atoms with Crippen molar-refractivity contribution in [3.63, 3.8) is 0 Å². The zero-order chi connectivity index (χ0) is 12.1. The Morgan fingerprint density at radius 3 is 2.69 bits per heavy atom. The summed E-state index contributed by atoms with van der Waals surface area (Å²) in [5.74, 6) is -0.519. The minimum atomic E-state index is -0.873. The summed E-state index contributed by atoms with van der Waals surface area (Å²) >= 11 is 1.56. The van der Waals surface area contributed by atoms with Gasteiger partial charge in [-0.25, -0.2) is 4.79 Å². The maximum absolute atomic E-state index is 11.9. The number of carbonyl (C=O) groups is 2. The van der Waals surface area contributed by atoms with Gasteiger partial charge in [0.1, 0.15) is 6.04 Å². The van der Waals surface area contributed by atoms with Crippen LogP contribution in [0, 0.1) is 0 Å². The van der Waals surface area contributed by atoms with Crippen molar-refractivity contribution < 1.29 is 14.7 Å². The summed E-state index contributed by atoms with van der Waals surface area (Å²) in [6.07, 6.45) is 2.41. The maximum atomic E-state index is 11.9. The molecule has 0 bridgehead atoms. The molecular formula is C11H19NO3S. The normalized spacial score (nSPS) is 21.2. The molecule has 1 fully saturated rings. The van der Waals surface area contributed by atoms with E-state index in [-0.39, 0.29) is 5.91 Å². The van der Waals surface area contributed by atoms with Crippen molar-refractivity contribution in [3.05, 3.63) is 0 Å². The summed E-state index contributed by atoms with van der Waals surface area (Å²) in [5.41, 5.74) is 0. The van der Waals surface area contributed by atoms with Crippen LogP contribution in [0.4, 0.5) is 0 Å². The molecule has 0 spiro atoms. The Kier molecular flexibility index (Phi) is 5.12. The van der Waals surface area contributed by atoms with Crippen LogP contribution >= 0.6 is 11.8 Å². The first kappa shape index (κ1) is 13.4. The molecule has 16 heavy (non-hydrogen) atoms. The van der Waals surface area contributed by atoms with Crippen LogP contribution in [0.15, 0.2) is 0 Å². The van der Waals surface area contributed by atoms with E-state index in [1.807, 2.05) is 13.8 Å². The monoisotopic (exact) mass is 245 g/mol. The molecule has 4 nitrogen and oxygen atoms in total. The van der Waals surface area contributed by atoms with Crippen molar-refractivity contribution in [3.8, 4) is 0 Å². The van der Waals surface area contributed by atoms with Crippen LogP contribution in [0.1, 0.15) is 33.1 Å². The molecule has 92 valence electrons. The van der Waals surface area contributed by atoms with Crippen molar-refractivity contribution in [2.45, 2.75) is 44.4 Å². The van der Waals surface area contributed by atoms with Gasteiger partial charge in [-0.1, -0.05) is 13.8 Å². The molecule has 1 N–H and O–H groups in total. The van der Waals surface area contributed by atoms with E-state index in [9.17, 15) is 9.59 Å². The molecule has 1 amide bonds. The molecule has 1 rings (SSSR count). The number of rotatable bonds is 4. The van der Waals surface area contributed by atoms with Gasteiger partial charge in [-0.15, -0.1) is 11.8 Å². The van der Waals surface area contributed by atoms with Crippen LogP contribution in [0.2, 0.25) is 0 Å². The fourth-order valence-corrected chi connectivity index (χ4v) is 2.45. The van der Waals surface area contributed by atoms with E-state index in [0.717, 1.165) is 12.8 Å². The summed E-state index contributed by atoms with van der Waals surface area (Å²) in [5, 5.41) is 9.43. The van der Waals surface area contributed by atoms with E-state index in [1.54, 1.807) is 11.8 Å². The van der Waals surface area contributed by atoms with Crippen LogP contribution < -0.4 is 0 Å². The number of hydrogen-bond donors (Lipinski definition) is 1. The molecule has 5 heteroatoms. The molecular weight excluding hydrogens is 226 g/mol. The Labute approximate surface area is 100 Å². The van der Waals surface area contributed by atoms with Gasteiger partial charge in [-0.2, -0.15) is 0 Å². The number of aliphatic carboxylic acids is 1. The predicted molar refractivity (Wildman–Crippen MR) is 64.6 cm³/mol. The second-order valence-electron chi connectivity index (χ2n) is 4.30. The lowest BCUT2D eigenvalue weighted by atomic mass is 10.0. The minimum Gasteiger partial charge on any atom is -0.480 e. The average Bonchev–Trinajstić information content (AvgIpc) is 2.25. The van der Waals surface area contributed by atoms with E-state index in [0.29, 0.717) is 24.0 Å². The van der Waals surface area contributed by atoms with Gasteiger partial charge in [0.2, 0.25) is 5.91 Å². The third kappa shape index (κ3) is 3.70. The van der Waals surface area contributed by atoms with Gasteiger partial charge in [-0.05, 0) is 24.5 Å². The molecule has 1 unspecified atom stereocenters. The lowest BCUT2D eigenvalue weighted by Crippen LogP contribution is -2.48. The van der Waals surface area contributed by atoms with E-state index in [2.05, 4.69) is 0 Å². The van der Waals surface area contributed by atoms with Crippen molar-refractivity contribution in [1.29, 1.82) is 0 Å². The Balaban J connectivity index is 2.54. The first-order valence-electron chi connectivity index (χ1n) is 5.66. The van der Waals surface area contributed by atoms with Gasteiger partial charge in [0.15, 0.2) is 0 Å². The SMILES string of the molecule is CC(C)SCC(=O)N1CCCCC1C(=O)O. The van der Waals surface area contributed by atoms with Crippen LogP contribution in [0.3, 0.4) is 0 Å². The summed E-state index contributed by atoms with van der Waals surface area (Å²) in [6.45, 7) is 4.65. The molecule has 1 aliphatic heterocycles. The van der Waals surface area contributed by atoms with E-state index in [4.69, 9.17) is 5.11 Å². The highest BCUT2D eigenvalue weighted by Crippen LogP contribution is 2.19. The molecule has 0 aromatic rings. The van der Waals surface area contributed by atoms with E-state index < -0.39 is 12.0 Å². The lowest BCUT2D eigenvalue weighted by Gasteiger charge is -2.33. The van der Waals surface area contributed by atoms with Crippen LogP contribution in [-0.2, 0) is 9.59 Å². The van der Waals surface area contributed by atoms with Crippen LogP contribution in [-0.4, -0.2) is 45.5 Å². The smallest absolute Gasteiger partial charge is 0.326 e. The molecule has 0 aliphatic carbocycles. The fraction of sp³-hybridized carbons (Fsp3) is 0.818. The first-order valence-corrected chi connectivity index (χ1v) is 6.71. The van der Waals surface area contributed by atoms with Crippen LogP contribution in [0.5, 0.6) is 0 Å². The summed E-state index contributed by atoms with van der Waals surface area (Å²) in [6, 6.07) is -0.603. The molecule has 0 aromatic heterocycles. The van der Waals surface area contributed by atoms with Gasteiger partial charge in [0, 0.05) is 6.54 Å². The number of amides is 1. The Bertz CT molecular complexity index is 268. The second kappa shape index (κ2) is 6.13. The van der Waals surface area contributed by atoms with Crippen molar-refractivity contribution >= 4 is 23.6 Å². The fourth-order valence-electron chi connectivity index (χ4n) is 1.81. The number of likely N-dealkylation sites (tertiary alicyclic amines) is 1. The Morgan fingerprint density at radius 2 is 2.12 bits per heavy atom. The lowest BCUT2D eigenvalue weighted by molar-refractivity contribution is -0.150. The largest absolute Gasteiger partial charge is 0.480 e.